The van der Waals surface area contributed by atoms with Gasteiger partial charge in [-0.1, -0.05) is 19.0 Å². The maximum Gasteiger partial charge on any atom is 0.147 e. The van der Waals surface area contributed by atoms with E-state index in [-0.39, 0.29) is 5.41 Å². The smallest absolute Gasteiger partial charge is 0.147 e. The molecule has 1 aliphatic carbocycles. The fourth-order valence-electron chi connectivity index (χ4n) is 1.85. The summed E-state index contributed by atoms with van der Waals surface area (Å²) in [5, 5.41) is 4.08. The van der Waals surface area contributed by atoms with Gasteiger partial charge in [0.1, 0.15) is 5.76 Å². The normalized spacial score (nSPS) is 16.2. The lowest BCUT2D eigenvalue weighted by molar-refractivity contribution is 0.312. The van der Waals surface area contributed by atoms with Crippen LogP contribution in [0.3, 0.4) is 0 Å². The lowest BCUT2D eigenvalue weighted by Crippen LogP contribution is -2.28. The predicted molar refractivity (Wildman–Crippen MR) is 50.6 cm³/mol. The molecule has 0 aliphatic heterocycles. The van der Waals surface area contributed by atoms with Crippen LogP contribution >= 0.6 is 0 Å². The third kappa shape index (κ3) is 1.27. The van der Waals surface area contributed by atoms with Crippen LogP contribution in [0.5, 0.6) is 0 Å². The van der Waals surface area contributed by atoms with Crippen molar-refractivity contribution in [2.24, 2.45) is 5.73 Å². The van der Waals surface area contributed by atoms with Gasteiger partial charge in [-0.2, -0.15) is 0 Å². The highest BCUT2D eigenvalue weighted by atomic mass is 16.5. The van der Waals surface area contributed by atoms with Gasteiger partial charge in [-0.25, -0.2) is 0 Å². The van der Waals surface area contributed by atoms with Crippen LogP contribution in [0.1, 0.15) is 37.3 Å². The Morgan fingerprint density at radius 3 is 2.92 bits per heavy atom. The van der Waals surface area contributed by atoms with E-state index in [1.165, 1.54) is 12.0 Å². The molecule has 0 fully saturated rings. The maximum atomic E-state index is 5.70. The Hall–Kier alpha value is -0.830. The zero-order valence-corrected chi connectivity index (χ0v) is 8.26. The van der Waals surface area contributed by atoms with Gasteiger partial charge in [-0.15, -0.1) is 0 Å². The third-order valence-corrected chi connectivity index (χ3v) is 2.83. The maximum absolute atomic E-state index is 5.70. The van der Waals surface area contributed by atoms with E-state index in [4.69, 9.17) is 10.3 Å². The average molecular weight is 180 g/mol. The molecule has 1 aromatic rings. The standard InChI is InChI=1S/C10H16N2O/c1-10(2,6-11)9-7-4-3-5-8(7)12-13-9/h3-6,11H2,1-2H3. The number of fused-ring (bicyclic) bond motifs is 1. The minimum atomic E-state index is -0.0646. The Labute approximate surface area is 78.3 Å². The molecule has 0 aromatic carbocycles. The molecule has 1 aliphatic rings. The van der Waals surface area contributed by atoms with E-state index in [2.05, 4.69) is 19.0 Å². The van der Waals surface area contributed by atoms with Crippen molar-refractivity contribution >= 4 is 0 Å². The summed E-state index contributed by atoms with van der Waals surface area (Å²) >= 11 is 0. The molecule has 0 amide bonds. The number of nitrogens with zero attached hydrogens (tertiary/aromatic N) is 1. The fourth-order valence-corrected chi connectivity index (χ4v) is 1.85. The van der Waals surface area contributed by atoms with Gasteiger partial charge in [0.2, 0.25) is 0 Å². The van der Waals surface area contributed by atoms with Gasteiger partial charge in [0.15, 0.2) is 0 Å². The van der Waals surface area contributed by atoms with Gasteiger partial charge in [-0.3, -0.25) is 0 Å². The van der Waals surface area contributed by atoms with Gasteiger partial charge in [0.05, 0.1) is 5.69 Å². The van der Waals surface area contributed by atoms with E-state index >= 15 is 0 Å². The number of hydrogen-bond donors (Lipinski definition) is 1. The fraction of sp³-hybridized carbons (Fsp3) is 0.700. The molecule has 0 atom stereocenters. The number of rotatable bonds is 2. The zero-order chi connectivity index (χ0) is 9.47. The van der Waals surface area contributed by atoms with Gasteiger partial charge in [-0.05, 0) is 19.3 Å². The van der Waals surface area contributed by atoms with Crippen LogP contribution in [-0.2, 0) is 18.3 Å². The van der Waals surface area contributed by atoms with Crippen molar-refractivity contribution in [3.8, 4) is 0 Å². The van der Waals surface area contributed by atoms with Crippen molar-refractivity contribution in [1.29, 1.82) is 0 Å². The molecule has 0 bridgehead atoms. The molecule has 0 saturated carbocycles. The van der Waals surface area contributed by atoms with E-state index in [0.29, 0.717) is 6.54 Å². The van der Waals surface area contributed by atoms with E-state index in [0.717, 1.165) is 24.3 Å². The van der Waals surface area contributed by atoms with Crippen molar-refractivity contribution in [3.05, 3.63) is 17.0 Å². The first-order chi connectivity index (χ1) is 6.15. The number of aryl methyl sites for hydroxylation is 1. The summed E-state index contributed by atoms with van der Waals surface area (Å²) in [5.41, 5.74) is 8.10. The quantitative estimate of drug-likeness (QED) is 0.748. The molecule has 0 unspecified atom stereocenters. The molecule has 72 valence electrons. The largest absolute Gasteiger partial charge is 0.360 e. The summed E-state index contributed by atoms with van der Waals surface area (Å²) < 4.78 is 5.36. The Morgan fingerprint density at radius 2 is 2.23 bits per heavy atom. The molecule has 0 radical (unpaired) electrons. The summed E-state index contributed by atoms with van der Waals surface area (Å²) in [6.45, 7) is 4.81. The first-order valence-corrected chi connectivity index (χ1v) is 4.83. The Kier molecular flexibility index (Phi) is 1.91. The minimum absolute atomic E-state index is 0.0646. The summed E-state index contributed by atoms with van der Waals surface area (Å²) in [7, 11) is 0. The van der Waals surface area contributed by atoms with Crippen LogP contribution in [0.25, 0.3) is 0 Å². The molecule has 3 nitrogen and oxygen atoms in total. The van der Waals surface area contributed by atoms with Crippen LogP contribution in [0.4, 0.5) is 0 Å². The van der Waals surface area contributed by atoms with E-state index < -0.39 is 0 Å². The highest BCUT2D eigenvalue weighted by molar-refractivity contribution is 5.32. The summed E-state index contributed by atoms with van der Waals surface area (Å²) in [5.74, 6) is 1.00. The van der Waals surface area contributed by atoms with Crippen molar-refractivity contribution in [3.63, 3.8) is 0 Å². The van der Waals surface area contributed by atoms with Crippen LogP contribution in [0.2, 0.25) is 0 Å². The number of aromatic nitrogens is 1. The van der Waals surface area contributed by atoms with Crippen molar-refractivity contribution in [2.75, 3.05) is 6.54 Å². The van der Waals surface area contributed by atoms with E-state index in [9.17, 15) is 0 Å². The first kappa shape index (κ1) is 8.75. The second-order valence-corrected chi connectivity index (χ2v) is 4.38. The lowest BCUT2D eigenvalue weighted by Gasteiger charge is -2.19. The van der Waals surface area contributed by atoms with E-state index in [1.807, 2.05) is 0 Å². The first-order valence-electron chi connectivity index (χ1n) is 4.83. The molecular weight excluding hydrogens is 164 g/mol. The van der Waals surface area contributed by atoms with Gasteiger partial charge >= 0.3 is 0 Å². The average Bonchev–Trinajstić information content (AvgIpc) is 2.62. The van der Waals surface area contributed by atoms with Crippen LogP contribution in [0, 0.1) is 0 Å². The van der Waals surface area contributed by atoms with Gasteiger partial charge < -0.3 is 10.3 Å². The molecule has 1 aromatic heterocycles. The Bertz CT molecular complexity index is 315. The molecular formula is C10H16N2O. The van der Waals surface area contributed by atoms with Crippen molar-refractivity contribution in [2.45, 2.75) is 38.5 Å². The van der Waals surface area contributed by atoms with Crippen molar-refractivity contribution < 1.29 is 4.52 Å². The molecule has 2 N–H and O–H groups in total. The molecule has 3 heteroatoms. The Morgan fingerprint density at radius 1 is 1.46 bits per heavy atom. The summed E-state index contributed by atoms with van der Waals surface area (Å²) in [6, 6.07) is 0. The molecule has 0 saturated heterocycles. The number of nitrogens with two attached hydrogens (primary N) is 1. The second-order valence-electron chi connectivity index (χ2n) is 4.38. The lowest BCUT2D eigenvalue weighted by atomic mass is 9.87. The third-order valence-electron chi connectivity index (χ3n) is 2.83. The highest BCUT2D eigenvalue weighted by Gasteiger charge is 2.31. The summed E-state index contributed by atoms with van der Waals surface area (Å²) in [4.78, 5) is 0. The number of hydrogen-bond acceptors (Lipinski definition) is 3. The van der Waals surface area contributed by atoms with Crippen LogP contribution in [-0.4, -0.2) is 11.7 Å². The van der Waals surface area contributed by atoms with Gasteiger partial charge in [0, 0.05) is 17.5 Å². The van der Waals surface area contributed by atoms with Crippen LogP contribution in [0.15, 0.2) is 4.52 Å². The molecule has 2 rings (SSSR count). The second kappa shape index (κ2) is 2.84. The molecule has 13 heavy (non-hydrogen) atoms. The van der Waals surface area contributed by atoms with Gasteiger partial charge in [0.25, 0.3) is 0 Å². The van der Waals surface area contributed by atoms with Crippen molar-refractivity contribution in [1.82, 2.24) is 5.16 Å². The summed E-state index contributed by atoms with van der Waals surface area (Å²) in [6.07, 6.45) is 3.39. The SMILES string of the molecule is CC(C)(CN)c1onc2c1CCC2. The molecule has 1 heterocycles. The van der Waals surface area contributed by atoms with Crippen LogP contribution < -0.4 is 5.73 Å². The predicted octanol–water partition coefficient (Wildman–Crippen LogP) is 1.40. The molecule has 0 spiro atoms. The zero-order valence-electron chi connectivity index (χ0n) is 8.26. The topological polar surface area (TPSA) is 52.0 Å². The monoisotopic (exact) mass is 180 g/mol. The highest BCUT2D eigenvalue weighted by Crippen LogP contribution is 2.32. The Balaban J connectivity index is 2.41. The van der Waals surface area contributed by atoms with E-state index in [1.54, 1.807) is 0 Å². The minimum Gasteiger partial charge on any atom is -0.360 e.